The zero-order valence-corrected chi connectivity index (χ0v) is 30.0. The molecule has 49 heavy (non-hydrogen) atoms. The van der Waals surface area contributed by atoms with Gasteiger partial charge in [-0.05, 0) is 87.4 Å². The van der Waals surface area contributed by atoms with Gasteiger partial charge >= 0.3 is 11.4 Å². The summed E-state index contributed by atoms with van der Waals surface area (Å²) in [6.45, 7) is 11.1. The number of allylic oxidation sites excluding steroid dienone is 1. The molecule has 0 amide bonds. The van der Waals surface area contributed by atoms with E-state index in [9.17, 15) is 14.4 Å². The minimum absolute atomic E-state index is 0. The number of aromatic nitrogens is 3. The molecule has 4 aromatic rings. The Morgan fingerprint density at radius 3 is 2.37 bits per heavy atom. The number of hydrogen-bond donors (Lipinski definition) is 0. The van der Waals surface area contributed by atoms with E-state index in [1.807, 2.05) is 56.3 Å². The van der Waals surface area contributed by atoms with E-state index in [0.717, 1.165) is 59.9 Å². The summed E-state index contributed by atoms with van der Waals surface area (Å²) in [4.78, 5) is 44.1. The standard InChI is InChI=1S/C36H38ClN5O5.2ClH/c1-24(43)25-8-10-27(11-9-25)41-34(44)40-16-14-31-33(42(40)35(41)45)30-13-12-29(23-32(30)47-36(31,2)3)46-21-5-15-38-17-19-39(20-18-38)28-7-4-6-26(37)22-28;;/h4,6-14,22-23,33H,5,15-21H2,1-3H3;2*1H. The highest BCUT2D eigenvalue weighted by Gasteiger charge is 2.44. The minimum atomic E-state index is -0.713. The number of piperazine rings is 1. The molecule has 1 aromatic heterocycles. The highest BCUT2D eigenvalue weighted by atomic mass is 35.5. The summed E-state index contributed by atoms with van der Waals surface area (Å²) in [5.41, 5.74) is 2.21. The first-order valence-corrected chi connectivity index (χ1v) is 16.4. The van der Waals surface area contributed by atoms with Crippen LogP contribution in [0.25, 0.3) is 5.69 Å². The Morgan fingerprint density at radius 1 is 0.939 bits per heavy atom. The molecule has 13 heteroatoms. The predicted octanol–water partition coefficient (Wildman–Crippen LogP) is 5.79. The summed E-state index contributed by atoms with van der Waals surface area (Å²) >= 11 is 6.18. The van der Waals surface area contributed by atoms with Crippen LogP contribution in [0.15, 0.2) is 88.0 Å². The van der Waals surface area contributed by atoms with Crippen molar-refractivity contribution in [2.75, 3.05) is 44.2 Å². The summed E-state index contributed by atoms with van der Waals surface area (Å²) in [7, 11) is 0. The Balaban J connectivity index is 0.00000234. The van der Waals surface area contributed by atoms with Crippen molar-refractivity contribution in [3.63, 3.8) is 0 Å². The van der Waals surface area contributed by atoms with Crippen molar-refractivity contribution in [2.45, 2.75) is 45.4 Å². The molecule has 3 aromatic carbocycles. The molecule has 3 aliphatic heterocycles. The molecule has 0 N–H and O–H groups in total. The number of anilines is 1. The zero-order chi connectivity index (χ0) is 32.9. The molecule has 260 valence electrons. The number of ketones is 1. The monoisotopic (exact) mass is 727 g/mol. The predicted molar refractivity (Wildman–Crippen MR) is 196 cm³/mol. The molecule has 4 heterocycles. The number of carbonyl (C=O) groups excluding carboxylic acids is 1. The van der Waals surface area contributed by atoms with E-state index in [0.29, 0.717) is 29.4 Å². The second kappa shape index (κ2) is 14.5. The van der Waals surface area contributed by atoms with Crippen LogP contribution in [0.5, 0.6) is 11.5 Å². The maximum absolute atomic E-state index is 13.9. The van der Waals surface area contributed by atoms with Gasteiger partial charge in [-0.1, -0.05) is 23.7 Å². The van der Waals surface area contributed by atoms with Gasteiger partial charge in [0.05, 0.1) is 18.8 Å². The molecule has 0 radical (unpaired) electrons. The van der Waals surface area contributed by atoms with Gasteiger partial charge < -0.3 is 14.4 Å². The molecule has 1 fully saturated rings. The number of hydrogen-bond acceptors (Lipinski definition) is 7. The van der Waals surface area contributed by atoms with Crippen molar-refractivity contribution in [2.24, 2.45) is 0 Å². The summed E-state index contributed by atoms with van der Waals surface area (Å²) in [5.74, 6) is 1.23. The molecule has 1 saturated heterocycles. The lowest BCUT2D eigenvalue weighted by Crippen LogP contribution is -2.46. The van der Waals surface area contributed by atoms with Crippen LogP contribution in [0.1, 0.15) is 49.2 Å². The van der Waals surface area contributed by atoms with Gasteiger partial charge in [0, 0.05) is 60.6 Å². The van der Waals surface area contributed by atoms with Crippen LogP contribution in [0.4, 0.5) is 5.69 Å². The van der Waals surface area contributed by atoms with Crippen LogP contribution in [-0.2, 0) is 6.54 Å². The number of fused-ring (bicyclic) bond motifs is 5. The minimum Gasteiger partial charge on any atom is -0.493 e. The highest BCUT2D eigenvalue weighted by Crippen LogP contribution is 2.47. The zero-order valence-electron chi connectivity index (χ0n) is 27.6. The van der Waals surface area contributed by atoms with Gasteiger partial charge in [-0.25, -0.2) is 23.5 Å². The van der Waals surface area contributed by atoms with Gasteiger partial charge in [0.2, 0.25) is 0 Å². The molecular weight excluding hydrogens is 689 g/mol. The molecule has 1 unspecified atom stereocenters. The van der Waals surface area contributed by atoms with E-state index < -0.39 is 23.0 Å². The smallest absolute Gasteiger partial charge is 0.352 e. The average Bonchev–Trinajstić information content (AvgIpc) is 3.32. The lowest BCUT2D eigenvalue weighted by molar-refractivity contribution is 0.101. The van der Waals surface area contributed by atoms with Gasteiger partial charge in [0.25, 0.3) is 0 Å². The lowest BCUT2D eigenvalue weighted by atomic mass is 9.83. The first-order valence-electron chi connectivity index (χ1n) is 16.1. The van der Waals surface area contributed by atoms with Crippen LogP contribution in [0.3, 0.4) is 0 Å². The van der Waals surface area contributed by atoms with Crippen LogP contribution >= 0.6 is 36.4 Å². The summed E-state index contributed by atoms with van der Waals surface area (Å²) in [6.07, 6.45) is 2.87. The molecule has 0 bridgehead atoms. The number of Topliss-reactive ketones (excluding diaryl/α,β-unsaturated/α-hetero) is 1. The van der Waals surface area contributed by atoms with Gasteiger partial charge in [0.1, 0.15) is 23.1 Å². The fourth-order valence-electron chi connectivity index (χ4n) is 6.91. The lowest BCUT2D eigenvalue weighted by Gasteiger charge is -2.42. The average molecular weight is 729 g/mol. The number of carbonyl (C=O) groups is 1. The molecule has 10 nitrogen and oxygen atoms in total. The van der Waals surface area contributed by atoms with E-state index >= 15 is 0 Å². The molecule has 0 aliphatic carbocycles. The molecular formula is C36H40Cl3N5O5. The second-order valence-electron chi connectivity index (χ2n) is 12.8. The topological polar surface area (TPSA) is 90.9 Å². The van der Waals surface area contributed by atoms with E-state index in [1.54, 1.807) is 24.3 Å². The van der Waals surface area contributed by atoms with Crippen molar-refractivity contribution in [1.29, 1.82) is 0 Å². The van der Waals surface area contributed by atoms with Crippen LogP contribution < -0.4 is 25.8 Å². The van der Waals surface area contributed by atoms with Crippen LogP contribution in [0.2, 0.25) is 5.02 Å². The molecule has 3 aliphatic rings. The number of nitrogens with zero attached hydrogens (tertiary/aromatic N) is 5. The van der Waals surface area contributed by atoms with Crippen molar-refractivity contribution < 1.29 is 14.3 Å². The first kappa shape index (κ1) is 36.3. The number of ether oxygens (including phenoxy) is 2. The number of halogens is 3. The van der Waals surface area contributed by atoms with Gasteiger partial charge in [-0.2, -0.15) is 0 Å². The quantitative estimate of drug-likeness (QED) is 0.129. The summed E-state index contributed by atoms with van der Waals surface area (Å²) in [6, 6.07) is 19.7. The van der Waals surface area contributed by atoms with E-state index in [4.69, 9.17) is 21.1 Å². The maximum Gasteiger partial charge on any atom is 0.352 e. The molecule has 0 saturated carbocycles. The fraction of sp³-hybridized carbons (Fsp3) is 0.361. The SMILES string of the molecule is CC(=O)c1ccc(-n2c(=O)n3n(c2=O)C2C(=CC3)C(C)(C)Oc3cc(OCCCN4CCN(c5cccc(Cl)c5)CC4)ccc32)cc1.Cl.Cl. The maximum atomic E-state index is 13.9. The molecule has 1 atom stereocenters. The largest absolute Gasteiger partial charge is 0.493 e. The van der Waals surface area contributed by atoms with E-state index in [-0.39, 0.29) is 37.1 Å². The molecule has 0 spiro atoms. The number of rotatable bonds is 8. The fourth-order valence-corrected chi connectivity index (χ4v) is 7.10. The van der Waals surface area contributed by atoms with Gasteiger partial charge in [-0.15, -0.1) is 24.8 Å². The van der Waals surface area contributed by atoms with Crippen molar-refractivity contribution in [3.8, 4) is 17.2 Å². The Hall–Kier alpha value is -3.96. The summed E-state index contributed by atoms with van der Waals surface area (Å²) < 4.78 is 16.8. The van der Waals surface area contributed by atoms with Gasteiger partial charge in [0.15, 0.2) is 5.78 Å². The van der Waals surface area contributed by atoms with Gasteiger partial charge in [-0.3, -0.25) is 9.69 Å². The van der Waals surface area contributed by atoms with Crippen molar-refractivity contribution in [1.82, 2.24) is 18.8 Å². The Labute approximate surface area is 302 Å². The molecule has 7 rings (SSSR count). The third-order valence-electron chi connectivity index (χ3n) is 9.39. The van der Waals surface area contributed by atoms with Crippen LogP contribution in [-0.4, -0.2) is 69.5 Å². The summed E-state index contributed by atoms with van der Waals surface area (Å²) in [5, 5.41) is 0.760. The van der Waals surface area contributed by atoms with Crippen molar-refractivity contribution in [3.05, 3.63) is 115 Å². The Kier molecular flexibility index (Phi) is 10.7. The number of benzene rings is 3. The van der Waals surface area contributed by atoms with E-state index in [2.05, 4.69) is 15.9 Å². The van der Waals surface area contributed by atoms with Crippen molar-refractivity contribution >= 4 is 47.9 Å². The Bertz CT molecular complexity index is 1990. The first-order chi connectivity index (χ1) is 22.6. The second-order valence-corrected chi connectivity index (χ2v) is 13.3. The van der Waals surface area contributed by atoms with Crippen LogP contribution in [0, 0.1) is 0 Å². The Morgan fingerprint density at radius 2 is 1.67 bits per heavy atom. The van der Waals surface area contributed by atoms with E-state index in [1.165, 1.54) is 22.0 Å². The third kappa shape index (κ3) is 6.92. The normalized spacial score (nSPS) is 17.7. The third-order valence-corrected chi connectivity index (χ3v) is 9.62. The highest BCUT2D eigenvalue weighted by molar-refractivity contribution is 6.30.